The zero-order valence-corrected chi connectivity index (χ0v) is 14.3. The highest BCUT2D eigenvalue weighted by Crippen LogP contribution is 2.17. The van der Waals surface area contributed by atoms with Gasteiger partial charge in [0.05, 0.1) is 7.11 Å². The first-order chi connectivity index (χ1) is 12.0. The minimum Gasteiger partial charge on any atom is -0.497 e. The van der Waals surface area contributed by atoms with Crippen LogP contribution in [-0.4, -0.2) is 32.3 Å². The molecule has 0 fully saturated rings. The normalized spacial score (nSPS) is 11.3. The van der Waals surface area contributed by atoms with E-state index in [1.54, 1.807) is 62.6 Å². The lowest BCUT2D eigenvalue weighted by molar-refractivity contribution is -0.124. The van der Waals surface area contributed by atoms with Gasteiger partial charge in [-0.05, 0) is 49.4 Å². The standard InChI is InChI=1S/C18H21N3O4/c1-12(24-2)17(22)19-14-5-4-6-15(11-14)21-18(23)20-13-7-9-16(25-3)10-8-13/h4-12H,1-3H3,(H,19,22)(H2,20,21,23)/t12-/m0/s1. The molecule has 0 aliphatic carbocycles. The molecule has 2 rings (SSSR count). The SMILES string of the molecule is COc1ccc(NC(=O)Nc2cccc(NC(=O)[C@H](C)OC)c2)cc1. The van der Waals surface area contributed by atoms with Crippen LogP contribution in [0.3, 0.4) is 0 Å². The van der Waals surface area contributed by atoms with Crippen molar-refractivity contribution in [1.29, 1.82) is 0 Å². The zero-order chi connectivity index (χ0) is 18.2. The number of hydrogen-bond donors (Lipinski definition) is 3. The van der Waals surface area contributed by atoms with Crippen molar-refractivity contribution in [2.75, 3.05) is 30.2 Å². The van der Waals surface area contributed by atoms with Gasteiger partial charge >= 0.3 is 6.03 Å². The molecule has 7 nitrogen and oxygen atoms in total. The van der Waals surface area contributed by atoms with Crippen LogP contribution >= 0.6 is 0 Å². The van der Waals surface area contributed by atoms with Gasteiger partial charge in [-0.15, -0.1) is 0 Å². The van der Waals surface area contributed by atoms with Crippen molar-refractivity contribution in [2.24, 2.45) is 0 Å². The fraction of sp³-hybridized carbons (Fsp3) is 0.222. The van der Waals surface area contributed by atoms with Crippen LogP contribution in [0.15, 0.2) is 48.5 Å². The highest BCUT2D eigenvalue weighted by atomic mass is 16.5. The van der Waals surface area contributed by atoms with Crippen LogP contribution < -0.4 is 20.7 Å². The van der Waals surface area contributed by atoms with Gasteiger partial charge in [0, 0.05) is 24.2 Å². The number of amides is 3. The number of nitrogens with one attached hydrogen (secondary N) is 3. The van der Waals surface area contributed by atoms with E-state index < -0.39 is 6.10 Å². The number of carbonyl (C=O) groups is 2. The number of carbonyl (C=O) groups excluding carboxylic acids is 2. The van der Waals surface area contributed by atoms with E-state index in [9.17, 15) is 9.59 Å². The van der Waals surface area contributed by atoms with Crippen LogP contribution in [0, 0.1) is 0 Å². The van der Waals surface area contributed by atoms with Crippen molar-refractivity contribution in [3.8, 4) is 5.75 Å². The summed E-state index contributed by atoms with van der Waals surface area (Å²) < 4.78 is 10.0. The fourth-order valence-electron chi connectivity index (χ4n) is 1.99. The first-order valence-corrected chi connectivity index (χ1v) is 7.67. The van der Waals surface area contributed by atoms with Crippen molar-refractivity contribution in [2.45, 2.75) is 13.0 Å². The van der Waals surface area contributed by atoms with Crippen molar-refractivity contribution in [3.05, 3.63) is 48.5 Å². The Labute approximate surface area is 146 Å². The van der Waals surface area contributed by atoms with Gasteiger partial charge < -0.3 is 25.4 Å². The number of anilines is 3. The van der Waals surface area contributed by atoms with Gasteiger partial charge in [-0.3, -0.25) is 4.79 Å². The number of urea groups is 1. The lowest BCUT2D eigenvalue weighted by atomic mass is 10.2. The highest BCUT2D eigenvalue weighted by Gasteiger charge is 2.12. The predicted octanol–water partition coefficient (Wildman–Crippen LogP) is 3.31. The molecule has 0 aliphatic rings. The second-order valence-corrected chi connectivity index (χ2v) is 5.26. The van der Waals surface area contributed by atoms with Crippen molar-refractivity contribution in [3.63, 3.8) is 0 Å². The molecule has 0 unspecified atom stereocenters. The van der Waals surface area contributed by atoms with Gasteiger partial charge in [0.15, 0.2) is 0 Å². The van der Waals surface area contributed by atoms with Crippen LogP contribution in [0.5, 0.6) is 5.75 Å². The molecule has 0 bridgehead atoms. The average Bonchev–Trinajstić information content (AvgIpc) is 2.61. The van der Waals surface area contributed by atoms with E-state index in [0.29, 0.717) is 22.8 Å². The van der Waals surface area contributed by atoms with Gasteiger partial charge in [-0.25, -0.2) is 4.79 Å². The second-order valence-electron chi connectivity index (χ2n) is 5.26. The first-order valence-electron chi connectivity index (χ1n) is 7.67. The largest absolute Gasteiger partial charge is 0.497 e. The van der Waals surface area contributed by atoms with E-state index in [-0.39, 0.29) is 11.9 Å². The number of ether oxygens (including phenoxy) is 2. The molecule has 132 valence electrons. The van der Waals surface area contributed by atoms with E-state index >= 15 is 0 Å². The smallest absolute Gasteiger partial charge is 0.323 e. The maximum Gasteiger partial charge on any atom is 0.323 e. The van der Waals surface area contributed by atoms with Crippen LogP contribution in [0.1, 0.15) is 6.92 Å². The Bertz CT molecular complexity index is 731. The number of benzene rings is 2. The van der Waals surface area contributed by atoms with Crippen LogP contribution in [0.25, 0.3) is 0 Å². The Balaban J connectivity index is 1.96. The van der Waals surface area contributed by atoms with Crippen molar-refractivity contribution < 1.29 is 19.1 Å². The molecule has 0 heterocycles. The zero-order valence-electron chi connectivity index (χ0n) is 14.3. The Kier molecular flexibility index (Phi) is 6.36. The van der Waals surface area contributed by atoms with E-state index in [2.05, 4.69) is 16.0 Å². The van der Waals surface area contributed by atoms with Crippen molar-refractivity contribution in [1.82, 2.24) is 0 Å². The lowest BCUT2D eigenvalue weighted by Gasteiger charge is -2.12. The maximum absolute atomic E-state index is 12.1. The Morgan fingerprint density at radius 2 is 1.48 bits per heavy atom. The summed E-state index contributed by atoms with van der Waals surface area (Å²) in [5.41, 5.74) is 1.75. The minimum absolute atomic E-state index is 0.262. The fourth-order valence-corrected chi connectivity index (χ4v) is 1.99. The van der Waals surface area contributed by atoms with Crippen LogP contribution in [-0.2, 0) is 9.53 Å². The van der Waals surface area contributed by atoms with Crippen molar-refractivity contribution >= 4 is 29.0 Å². The molecule has 7 heteroatoms. The molecular weight excluding hydrogens is 322 g/mol. The molecule has 0 aromatic heterocycles. The van der Waals surface area contributed by atoms with Crippen LogP contribution in [0.4, 0.5) is 21.9 Å². The molecule has 0 spiro atoms. The Morgan fingerprint density at radius 1 is 0.880 bits per heavy atom. The Morgan fingerprint density at radius 3 is 2.08 bits per heavy atom. The first kappa shape index (κ1) is 18.3. The molecular formula is C18H21N3O4. The van der Waals surface area contributed by atoms with Gasteiger partial charge in [-0.2, -0.15) is 0 Å². The average molecular weight is 343 g/mol. The summed E-state index contributed by atoms with van der Waals surface area (Å²) >= 11 is 0. The van der Waals surface area contributed by atoms with E-state index in [0.717, 1.165) is 0 Å². The second kappa shape index (κ2) is 8.70. The molecule has 1 atom stereocenters. The van der Waals surface area contributed by atoms with E-state index in [4.69, 9.17) is 9.47 Å². The summed E-state index contributed by atoms with van der Waals surface area (Å²) in [7, 11) is 3.04. The van der Waals surface area contributed by atoms with E-state index in [1.807, 2.05) is 0 Å². The topological polar surface area (TPSA) is 88.7 Å². The third kappa shape index (κ3) is 5.50. The number of hydrogen-bond acceptors (Lipinski definition) is 4. The third-order valence-electron chi connectivity index (χ3n) is 3.46. The molecule has 2 aromatic rings. The summed E-state index contributed by atoms with van der Waals surface area (Å²) in [4.78, 5) is 23.9. The summed E-state index contributed by atoms with van der Waals surface area (Å²) in [6, 6.07) is 13.4. The number of rotatable bonds is 6. The minimum atomic E-state index is -0.560. The summed E-state index contributed by atoms with van der Waals surface area (Å²) in [5, 5.41) is 8.15. The monoisotopic (exact) mass is 343 g/mol. The highest BCUT2D eigenvalue weighted by molar-refractivity contribution is 6.00. The summed E-state index contributed by atoms with van der Waals surface area (Å²) in [6.45, 7) is 1.65. The third-order valence-corrected chi connectivity index (χ3v) is 3.46. The number of methoxy groups -OCH3 is 2. The van der Waals surface area contributed by atoms with E-state index in [1.165, 1.54) is 7.11 Å². The summed E-state index contributed by atoms with van der Waals surface area (Å²) in [5.74, 6) is 0.446. The molecule has 3 N–H and O–H groups in total. The molecule has 3 amide bonds. The molecule has 0 saturated carbocycles. The van der Waals surface area contributed by atoms with Gasteiger partial charge in [0.2, 0.25) is 0 Å². The molecule has 2 aromatic carbocycles. The molecule has 0 saturated heterocycles. The predicted molar refractivity (Wildman–Crippen MR) is 97.2 cm³/mol. The van der Waals surface area contributed by atoms with Gasteiger partial charge in [-0.1, -0.05) is 6.07 Å². The quantitative estimate of drug-likeness (QED) is 0.751. The molecule has 0 radical (unpaired) electrons. The summed E-state index contributed by atoms with van der Waals surface area (Å²) in [6.07, 6.45) is -0.560. The molecule has 0 aliphatic heterocycles. The van der Waals surface area contributed by atoms with Gasteiger partial charge in [0.25, 0.3) is 5.91 Å². The Hall–Kier alpha value is -3.06. The molecule has 25 heavy (non-hydrogen) atoms. The van der Waals surface area contributed by atoms with Crippen LogP contribution in [0.2, 0.25) is 0 Å². The lowest BCUT2D eigenvalue weighted by Crippen LogP contribution is -2.26. The maximum atomic E-state index is 12.1. The van der Waals surface area contributed by atoms with Gasteiger partial charge in [0.1, 0.15) is 11.9 Å².